The lowest BCUT2D eigenvalue weighted by Crippen LogP contribution is -2.57. The van der Waals surface area contributed by atoms with E-state index in [1.807, 2.05) is 12.4 Å². The van der Waals surface area contributed by atoms with Crippen molar-refractivity contribution < 1.29 is 4.74 Å². The van der Waals surface area contributed by atoms with Gasteiger partial charge in [-0.05, 0) is 19.9 Å². The summed E-state index contributed by atoms with van der Waals surface area (Å²) in [6.45, 7) is 11.3. The van der Waals surface area contributed by atoms with Crippen LogP contribution in [0, 0.1) is 0 Å². The van der Waals surface area contributed by atoms with Gasteiger partial charge >= 0.3 is 0 Å². The van der Waals surface area contributed by atoms with Crippen molar-refractivity contribution in [2.75, 3.05) is 32.8 Å². The van der Waals surface area contributed by atoms with Gasteiger partial charge in [0.25, 0.3) is 0 Å². The molecule has 0 aromatic carbocycles. The lowest BCUT2D eigenvalue weighted by Gasteiger charge is -2.48. The predicted octanol–water partition coefficient (Wildman–Crippen LogP) is 1.63. The van der Waals surface area contributed by atoms with Gasteiger partial charge in [-0.25, -0.2) is 9.97 Å². The molecule has 20 heavy (non-hydrogen) atoms. The van der Waals surface area contributed by atoms with Crippen molar-refractivity contribution in [3.05, 3.63) is 24.3 Å². The third kappa shape index (κ3) is 3.16. The largest absolute Gasteiger partial charge is 0.379 e. The highest BCUT2D eigenvalue weighted by Crippen LogP contribution is 2.34. The first-order chi connectivity index (χ1) is 9.72. The van der Waals surface area contributed by atoms with Crippen molar-refractivity contribution in [3.8, 4) is 0 Å². The van der Waals surface area contributed by atoms with Gasteiger partial charge in [0.2, 0.25) is 0 Å². The molecule has 1 N–H and O–H groups in total. The summed E-state index contributed by atoms with van der Waals surface area (Å²) in [5, 5.41) is 3.63. The van der Waals surface area contributed by atoms with Crippen molar-refractivity contribution in [3.63, 3.8) is 0 Å². The SMILES string of the molecule is CCNC(c1cncnc1)C(C)(CC)N1CCOCC1. The average molecular weight is 278 g/mol. The molecule has 0 amide bonds. The summed E-state index contributed by atoms with van der Waals surface area (Å²) >= 11 is 0. The number of likely N-dealkylation sites (N-methyl/N-ethyl adjacent to an activating group) is 1. The van der Waals surface area contributed by atoms with E-state index in [4.69, 9.17) is 4.74 Å². The standard InChI is InChI=1S/C15H26N4O/c1-4-15(3,19-6-8-20-9-7-19)14(18-5-2)13-10-16-12-17-11-13/h10-12,14,18H,4-9H2,1-3H3. The molecule has 2 rings (SSSR count). The summed E-state index contributed by atoms with van der Waals surface area (Å²) in [5.74, 6) is 0. The van der Waals surface area contributed by atoms with Gasteiger partial charge in [-0.15, -0.1) is 0 Å². The van der Waals surface area contributed by atoms with E-state index in [-0.39, 0.29) is 11.6 Å². The van der Waals surface area contributed by atoms with E-state index < -0.39 is 0 Å². The molecule has 0 bridgehead atoms. The Morgan fingerprint density at radius 1 is 1.30 bits per heavy atom. The summed E-state index contributed by atoms with van der Waals surface area (Å²) in [5.41, 5.74) is 1.20. The van der Waals surface area contributed by atoms with Crippen LogP contribution in [0.4, 0.5) is 0 Å². The van der Waals surface area contributed by atoms with Gasteiger partial charge in [-0.3, -0.25) is 4.90 Å². The molecule has 2 heterocycles. The zero-order valence-corrected chi connectivity index (χ0v) is 12.8. The van der Waals surface area contributed by atoms with Crippen molar-refractivity contribution >= 4 is 0 Å². The summed E-state index contributed by atoms with van der Waals surface area (Å²) < 4.78 is 5.50. The molecule has 2 unspecified atom stereocenters. The maximum absolute atomic E-state index is 5.50. The molecule has 2 atom stereocenters. The molecule has 0 radical (unpaired) electrons. The Morgan fingerprint density at radius 2 is 1.95 bits per heavy atom. The first kappa shape index (κ1) is 15.4. The van der Waals surface area contributed by atoms with Crippen LogP contribution in [0.3, 0.4) is 0 Å². The first-order valence-electron chi connectivity index (χ1n) is 7.53. The zero-order chi connectivity index (χ0) is 14.4. The van der Waals surface area contributed by atoms with Gasteiger partial charge in [0, 0.05) is 36.6 Å². The third-order valence-electron chi connectivity index (χ3n) is 4.39. The smallest absolute Gasteiger partial charge is 0.115 e. The van der Waals surface area contributed by atoms with Crippen LogP contribution in [0.1, 0.15) is 38.8 Å². The summed E-state index contributed by atoms with van der Waals surface area (Å²) in [6.07, 6.45) is 6.51. The minimum absolute atomic E-state index is 0.0461. The highest BCUT2D eigenvalue weighted by atomic mass is 16.5. The Morgan fingerprint density at radius 3 is 2.50 bits per heavy atom. The quantitative estimate of drug-likeness (QED) is 0.857. The maximum atomic E-state index is 5.50. The number of aromatic nitrogens is 2. The second-order valence-corrected chi connectivity index (χ2v) is 5.47. The lowest BCUT2D eigenvalue weighted by molar-refractivity contribution is -0.0327. The van der Waals surface area contributed by atoms with E-state index in [9.17, 15) is 0 Å². The van der Waals surface area contributed by atoms with E-state index in [2.05, 4.69) is 41.0 Å². The monoisotopic (exact) mass is 278 g/mol. The summed E-state index contributed by atoms with van der Waals surface area (Å²) in [4.78, 5) is 10.9. The minimum Gasteiger partial charge on any atom is -0.379 e. The molecule has 1 aliphatic heterocycles. The number of morpholine rings is 1. The summed E-state index contributed by atoms with van der Waals surface area (Å²) in [7, 11) is 0. The minimum atomic E-state index is 0.0461. The lowest BCUT2D eigenvalue weighted by atomic mass is 9.83. The molecule has 1 aliphatic rings. The molecule has 1 aromatic heterocycles. The van der Waals surface area contributed by atoms with Gasteiger partial charge in [0.1, 0.15) is 6.33 Å². The van der Waals surface area contributed by atoms with Crippen molar-refractivity contribution in [1.29, 1.82) is 0 Å². The molecule has 5 nitrogen and oxygen atoms in total. The predicted molar refractivity (Wildman–Crippen MR) is 79.5 cm³/mol. The highest BCUT2D eigenvalue weighted by Gasteiger charge is 2.39. The van der Waals surface area contributed by atoms with Crippen LogP contribution in [0.15, 0.2) is 18.7 Å². The van der Waals surface area contributed by atoms with Gasteiger partial charge < -0.3 is 10.1 Å². The molecule has 0 saturated carbocycles. The van der Waals surface area contributed by atoms with Gasteiger partial charge in [-0.1, -0.05) is 13.8 Å². The molecule has 1 fully saturated rings. The van der Waals surface area contributed by atoms with Crippen LogP contribution in [-0.4, -0.2) is 53.3 Å². The van der Waals surface area contributed by atoms with Gasteiger partial charge in [0.05, 0.1) is 19.3 Å². The number of hydrogen-bond acceptors (Lipinski definition) is 5. The highest BCUT2D eigenvalue weighted by molar-refractivity contribution is 5.16. The fourth-order valence-electron chi connectivity index (χ4n) is 3.05. The van der Waals surface area contributed by atoms with Crippen LogP contribution in [0.2, 0.25) is 0 Å². The van der Waals surface area contributed by atoms with E-state index >= 15 is 0 Å². The molecular weight excluding hydrogens is 252 g/mol. The van der Waals surface area contributed by atoms with Crippen LogP contribution >= 0.6 is 0 Å². The fraction of sp³-hybridized carbons (Fsp3) is 0.733. The molecule has 0 aliphatic carbocycles. The molecular formula is C15H26N4O. The molecule has 1 aromatic rings. The Hall–Kier alpha value is -1.04. The summed E-state index contributed by atoms with van der Waals surface area (Å²) in [6, 6.07) is 0.233. The fourth-order valence-corrected chi connectivity index (χ4v) is 3.05. The van der Waals surface area contributed by atoms with Crippen LogP contribution in [0.25, 0.3) is 0 Å². The van der Waals surface area contributed by atoms with Crippen molar-refractivity contribution in [2.45, 2.75) is 38.8 Å². The molecule has 112 valence electrons. The van der Waals surface area contributed by atoms with E-state index in [0.29, 0.717) is 0 Å². The zero-order valence-electron chi connectivity index (χ0n) is 12.8. The topological polar surface area (TPSA) is 50.3 Å². The Kier molecular flexibility index (Phi) is 5.46. The molecule has 0 spiro atoms. The number of hydrogen-bond donors (Lipinski definition) is 1. The number of ether oxygens (including phenoxy) is 1. The van der Waals surface area contributed by atoms with Crippen molar-refractivity contribution in [1.82, 2.24) is 20.2 Å². The second kappa shape index (κ2) is 7.11. The Bertz CT molecular complexity index is 394. The molecule has 1 saturated heterocycles. The average Bonchev–Trinajstić information content (AvgIpc) is 2.53. The van der Waals surface area contributed by atoms with Gasteiger partial charge in [0.15, 0.2) is 0 Å². The maximum Gasteiger partial charge on any atom is 0.115 e. The number of rotatable bonds is 6. The Labute approximate surface area is 121 Å². The second-order valence-electron chi connectivity index (χ2n) is 5.47. The van der Waals surface area contributed by atoms with E-state index in [0.717, 1.165) is 44.8 Å². The van der Waals surface area contributed by atoms with Crippen molar-refractivity contribution in [2.24, 2.45) is 0 Å². The molecule has 5 heteroatoms. The van der Waals surface area contributed by atoms with Crippen LogP contribution < -0.4 is 5.32 Å². The van der Waals surface area contributed by atoms with Crippen LogP contribution in [-0.2, 0) is 4.74 Å². The van der Waals surface area contributed by atoms with Gasteiger partial charge in [-0.2, -0.15) is 0 Å². The van der Waals surface area contributed by atoms with E-state index in [1.54, 1.807) is 6.33 Å². The number of nitrogens with zero attached hydrogens (tertiary/aromatic N) is 3. The number of nitrogens with one attached hydrogen (secondary N) is 1. The first-order valence-corrected chi connectivity index (χ1v) is 7.53. The Balaban J connectivity index is 2.28. The van der Waals surface area contributed by atoms with Crippen LogP contribution in [0.5, 0.6) is 0 Å². The normalized spacial score (nSPS) is 21.4. The third-order valence-corrected chi connectivity index (χ3v) is 4.39. The van der Waals surface area contributed by atoms with E-state index in [1.165, 1.54) is 0 Å².